The van der Waals surface area contributed by atoms with Gasteiger partial charge in [0.2, 0.25) is 0 Å². The number of pyridine rings is 1. The summed E-state index contributed by atoms with van der Waals surface area (Å²) < 4.78 is 1.47. The Balaban J connectivity index is 1.36. The molecule has 2 aromatic carbocycles. The van der Waals surface area contributed by atoms with Crippen LogP contribution in [-0.4, -0.2) is 55.0 Å². The Morgan fingerprint density at radius 2 is 2.00 bits per heavy atom. The van der Waals surface area contributed by atoms with E-state index in [1.807, 2.05) is 34.1 Å². The summed E-state index contributed by atoms with van der Waals surface area (Å²) in [5, 5.41) is 13.5. The third kappa shape index (κ3) is 6.30. The number of terminal acetylenes is 1. The second kappa shape index (κ2) is 12.9. The first-order valence-electron chi connectivity index (χ1n) is 14.2. The van der Waals surface area contributed by atoms with Crippen molar-refractivity contribution in [3.8, 4) is 12.3 Å². The van der Waals surface area contributed by atoms with E-state index in [1.54, 1.807) is 50.6 Å². The van der Waals surface area contributed by atoms with Gasteiger partial charge in [0, 0.05) is 48.8 Å². The van der Waals surface area contributed by atoms with Crippen LogP contribution in [0.1, 0.15) is 47.1 Å². The molecule has 44 heavy (non-hydrogen) atoms. The molecule has 10 nitrogen and oxygen atoms in total. The van der Waals surface area contributed by atoms with E-state index in [0.717, 1.165) is 17.7 Å². The Labute approximate surface area is 260 Å². The Morgan fingerprint density at radius 1 is 1.23 bits per heavy atom. The van der Waals surface area contributed by atoms with Gasteiger partial charge in [-0.1, -0.05) is 23.6 Å². The highest BCUT2D eigenvalue weighted by Gasteiger charge is 2.43. The largest absolute Gasteiger partial charge is 0.480 e. The fourth-order valence-corrected chi connectivity index (χ4v) is 5.71. The number of halogens is 1. The number of carboxylic acid groups (broad SMARTS) is 1. The number of fused-ring (bicyclic) bond motifs is 1. The number of carbonyl (C=O) groups excluding carboxylic acids is 1. The third-order valence-corrected chi connectivity index (χ3v) is 8.58. The zero-order valence-electron chi connectivity index (χ0n) is 24.6. The molecular formula is C33H33ClN6O4. The highest BCUT2D eigenvalue weighted by atomic mass is 35.5. The number of nitrogens with zero attached hydrogens (tertiary/aromatic N) is 5. The molecule has 1 saturated heterocycles. The molecule has 4 aromatic rings. The Morgan fingerprint density at radius 3 is 2.68 bits per heavy atom. The Hall–Kier alpha value is -4.72. The molecule has 3 heterocycles. The molecular weight excluding hydrogens is 580 g/mol. The first kappa shape index (κ1) is 30.7. The molecule has 226 valence electrons. The average Bonchev–Trinajstić information content (AvgIpc) is 3.40. The average molecular weight is 613 g/mol. The Bertz CT molecular complexity index is 1800. The van der Waals surface area contributed by atoms with E-state index >= 15 is 0 Å². The van der Waals surface area contributed by atoms with Crippen molar-refractivity contribution >= 4 is 40.1 Å². The number of nitrogens with one attached hydrogen (secondary N) is 1. The molecule has 0 saturated carbocycles. The van der Waals surface area contributed by atoms with Crippen LogP contribution in [0.25, 0.3) is 10.9 Å². The van der Waals surface area contributed by atoms with E-state index < -0.39 is 11.5 Å². The van der Waals surface area contributed by atoms with Gasteiger partial charge in [-0.3, -0.25) is 28.8 Å². The number of likely N-dealkylation sites (tertiary alicyclic amines) is 1. The smallest absolute Gasteiger partial charge is 0.323 e. The van der Waals surface area contributed by atoms with Crippen LogP contribution in [0.4, 0.5) is 5.69 Å². The first-order valence-corrected chi connectivity index (χ1v) is 14.6. The second-order valence-electron chi connectivity index (χ2n) is 11.1. The zero-order chi connectivity index (χ0) is 31.4. The minimum absolute atomic E-state index is 0.207. The van der Waals surface area contributed by atoms with Crippen molar-refractivity contribution in [1.82, 2.24) is 24.8 Å². The van der Waals surface area contributed by atoms with Gasteiger partial charge in [-0.15, -0.1) is 6.42 Å². The summed E-state index contributed by atoms with van der Waals surface area (Å²) in [6.07, 6.45) is 10.4. The van der Waals surface area contributed by atoms with Gasteiger partial charge in [-0.05, 0) is 79.9 Å². The van der Waals surface area contributed by atoms with Crippen molar-refractivity contribution < 1.29 is 14.7 Å². The maximum Gasteiger partial charge on any atom is 0.323 e. The summed E-state index contributed by atoms with van der Waals surface area (Å²) in [5.41, 5.74) is 2.08. The SMILES string of the molecule is C#CCN(Cc1cc2c(=O)n(C)c(CN3CCC[C@@]3(C)C(=O)O)nc2cc1Cl)c1ccc(C(=O)NCc2cccnc2)cc1. The number of benzene rings is 2. The van der Waals surface area contributed by atoms with Crippen LogP contribution in [0.3, 0.4) is 0 Å². The van der Waals surface area contributed by atoms with Gasteiger partial charge in [-0.25, -0.2) is 4.98 Å². The third-order valence-electron chi connectivity index (χ3n) is 8.23. The van der Waals surface area contributed by atoms with Gasteiger partial charge in [0.1, 0.15) is 11.4 Å². The van der Waals surface area contributed by atoms with Crippen LogP contribution in [0, 0.1) is 12.3 Å². The monoisotopic (exact) mass is 612 g/mol. The number of amides is 1. The zero-order valence-corrected chi connectivity index (χ0v) is 25.3. The van der Waals surface area contributed by atoms with Crippen LogP contribution in [0.2, 0.25) is 5.02 Å². The van der Waals surface area contributed by atoms with Gasteiger partial charge in [0.05, 0.1) is 24.0 Å². The number of carbonyl (C=O) groups is 2. The van der Waals surface area contributed by atoms with Crippen molar-refractivity contribution in [2.45, 2.75) is 44.9 Å². The molecule has 1 fully saturated rings. The van der Waals surface area contributed by atoms with Crippen LogP contribution in [0.5, 0.6) is 0 Å². The minimum Gasteiger partial charge on any atom is -0.480 e. The molecule has 0 unspecified atom stereocenters. The summed E-state index contributed by atoms with van der Waals surface area (Å²) in [5.74, 6) is 2.05. The van der Waals surface area contributed by atoms with Crippen molar-refractivity contribution in [2.75, 3.05) is 18.0 Å². The van der Waals surface area contributed by atoms with Gasteiger partial charge in [0.15, 0.2) is 0 Å². The van der Waals surface area contributed by atoms with E-state index in [1.165, 1.54) is 4.57 Å². The number of carboxylic acids is 1. The molecule has 1 atom stereocenters. The molecule has 2 N–H and O–H groups in total. The lowest BCUT2D eigenvalue weighted by molar-refractivity contribution is -0.149. The lowest BCUT2D eigenvalue weighted by Crippen LogP contribution is -2.48. The summed E-state index contributed by atoms with van der Waals surface area (Å²) in [6.45, 7) is 3.51. The molecule has 0 bridgehead atoms. The molecule has 2 aromatic heterocycles. The van der Waals surface area contributed by atoms with Crippen molar-refractivity contribution in [3.63, 3.8) is 0 Å². The van der Waals surface area contributed by atoms with Gasteiger partial charge in [-0.2, -0.15) is 0 Å². The van der Waals surface area contributed by atoms with Crippen LogP contribution < -0.4 is 15.8 Å². The predicted octanol–water partition coefficient (Wildman–Crippen LogP) is 3.99. The van der Waals surface area contributed by atoms with E-state index in [4.69, 9.17) is 23.0 Å². The number of anilines is 1. The number of hydrogen-bond acceptors (Lipinski definition) is 7. The van der Waals surface area contributed by atoms with Gasteiger partial charge >= 0.3 is 5.97 Å². The van der Waals surface area contributed by atoms with Crippen molar-refractivity contribution in [2.24, 2.45) is 7.05 Å². The molecule has 0 radical (unpaired) electrons. The quantitative estimate of drug-likeness (QED) is 0.258. The number of aliphatic carboxylic acids is 1. The normalized spacial score (nSPS) is 16.5. The fourth-order valence-electron chi connectivity index (χ4n) is 5.50. The standard InChI is InChI=1S/C33H33ClN6O4/c1-4-14-39(25-10-8-23(9-11-25)30(41)36-19-22-7-5-13-35-18-22)20-24-16-26-28(17-27(24)34)37-29(38(3)31(26)42)21-40-15-6-12-33(40,2)32(43)44/h1,5,7-11,13,16-18H,6,12,14-15,19-21H2,2-3H3,(H,36,41)(H,43,44)/t33-/m0/s1. The second-order valence-corrected chi connectivity index (χ2v) is 11.5. The van der Waals surface area contributed by atoms with Crippen LogP contribution in [-0.2, 0) is 31.5 Å². The highest BCUT2D eigenvalue weighted by molar-refractivity contribution is 6.32. The van der Waals surface area contributed by atoms with E-state index in [0.29, 0.717) is 58.9 Å². The van der Waals surface area contributed by atoms with E-state index in [-0.39, 0.29) is 24.6 Å². The molecule has 1 aliphatic heterocycles. The molecule has 0 aliphatic carbocycles. The number of rotatable bonds is 10. The lowest BCUT2D eigenvalue weighted by Gasteiger charge is -2.31. The summed E-state index contributed by atoms with van der Waals surface area (Å²) in [4.78, 5) is 50.6. The first-order chi connectivity index (χ1) is 21.1. The topological polar surface area (TPSA) is 121 Å². The van der Waals surface area contributed by atoms with Crippen LogP contribution in [0.15, 0.2) is 65.7 Å². The summed E-state index contributed by atoms with van der Waals surface area (Å²) >= 11 is 6.72. The molecule has 1 aliphatic rings. The van der Waals surface area contributed by atoms with Crippen molar-refractivity contribution in [1.29, 1.82) is 0 Å². The minimum atomic E-state index is -1.00. The molecule has 11 heteroatoms. The van der Waals surface area contributed by atoms with Gasteiger partial charge < -0.3 is 15.3 Å². The van der Waals surface area contributed by atoms with Gasteiger partial charge in [0.25, 0.3) is 11.5 Å². The number of hydrogen-bond donors (Lipinski definition) is 2. The highest BCUT2D eigenvalue weighted by Crippen LogP contribution is 2.31. The maximum absolute atomic E-state index is 13.5. The predicted molar refractivity (Wildman–Crippen MR) is 169 cm³/mol. The van der Waals surface area contributed by atoms with Crippen molar-refractivity contribution in [3.05, 3.63) is 98.8 Å². The molecule has 5 rings (SSSR count). The number of aromatic nitrogens is 3. The maximum atomic E-state index is 13.5. The van der Waals surface area contributed by atoms with E-state index in [2.05, 4.69) is 16.2 Å². The molecule has 0 spiro atoms. The van der Waals surface area contributed by atoms with E-state index in [9.17, 15) is 19.5 Å². The molecule has 1 amide bonds. The fraction of sp³-hybridized carbons (Fsp3) is 0.303. The Kier molecular flexibility index (Phi) is 8.99. The summed E-state index contributed by atoms with van der Waals surface area (Å²) in [6, 6.07) is 14.2. The summed E-state index contributed by atoms with van der Waals surface area (Å²) in [7, 11) is 1.64. The van der Waals surface area contributed by atoms with Crippen LogP contribution >= 0.6 is 11.6 Å². The lowest BCUT2D eigenvalue weighted by atomic mass is 9.99.